The van der Waals surface area contributed by atoms with Crippen molar-refractivity contribution in [1.82, 2.24) is 0 Å². The normalized spacial score (nSPS) is 9.75. The number of carbonyl (C=O) groups excluding carboxylic acids is 1. The summed E-state index contributed by atoms with van der Waals surface area (Å²) in [6.07, 6.45) is 1.65. The first-order valence-corrected chi connectivity index (χ1v) is 6.53. The molecule has 0 aliphatic heterocycles. The Morgan fingerprint density at radius 1 is 1.44 bits per heavy atom. The van der Waals surface area contributed by atoms with Gasteiger partial charge in [0.05, 0.1) is 14.3 Å². The number of benzene rings is 1. The lowest BCUT2D eigenvalue weighted by molar-refractivity contribution is -0.131. The number of esters is 1. The Balaban J connectivity index is 3.42. The third kappa shape index (κ3) is 2.88. The molecule has 0 saturated carbocycles. The summed E-state index contributed by atoms with van der Waals surface area (Å²) in [5, 5.41) is 0. The molecule has 1 aromatic rings. The monoisotopic (exact) mass is 444 g/mol. The fraction of sp³-hybridized carbons (Fsp3) is 0.182. The van der Waals surface area contributed by atoms with E-state index in [0.29, 0.717) is 11.5 Å². The van der Waals surface area contributed by atoms with Gasteiger partial charge in [0, 0.05) is 12.5 Å². The maximum absolute atomic E-state index is 11.0. The number of rotatable bonds is 3. The Hall–Kier alpha value is -0.310. The van der Waals surface area contributed by atoms with Crippen molar-refractivity contribution in [2.75, 3.05) is 7.11 Å². The SMILES string of the molecule is C=Cc1cc(I)c(OC)c(I)c1OC(C)=O. The van der Waals surface area contributed by atoms with E-state index < -0.39 is 0 Å². The zero-order valence-corrected chi connectivity index (χ0v) is 13.2. The van der Waals surface area contributed by atoms with E-state index in [1.165, 1.54) is 6.92 Å². The largest absolute Gasteiger partial charge is 0.494 e. The van der Waals surface area contributed by atoms with Crippen LogP contribution in [0, 0.1) is 7.14 Å². The summed E-state index contributed by atoms with van der Waals surface area (Å²) in [5.74, 6) is 0.854. The standard InChI is InChI=1S/C11H10I2O3/c1-4-7-5-8(12)11(15-3)9(13)10(7)16-6(2)14/h4-5H,1H2,2-3H3. The summed E-state index contributed by atoms with van der Waals surface area (Å²) in [7, 11) is 1.59. The third-order valence-corrected chi connectivity index (χ3v) is 3.61. The third-order valence-electron chi connectivity index (χ3n) is 1.83. The maximum atomic E-state index is 11.0. The minimum absolute atomic E-state index is 0.357. The molecule has 0 heterocycles. The predicted molar refractivity (Wildman–Crippen MR) is 79.8 cm³/mol. The van der Waals surface area contributed by atoms with Gasteiger partial charge in [0.1, 0.15) is 5.75 Å². The first-order valence-electron chi connectivity index (χ1n) is 4.38. The van der Waals surface area contributed by atoms with Crippen LogP contribution in [0.1, 0.15) is 12.5 Å². The fourth-order valence-electron chi connectivity index (χ4n) is 1.19. The quantitative estimate of drug-likeness (QED) is 0.407. The Morgan fingerprint density at radius 2 is 2.06 bits per heavy atom. The van der Waals surface area contributed by atoms with E-state index in [-0.39, 0.29) is 5.97 Å². The summed E-state index contributed by atoms with van der Waals surface area (Å²) >= 11 is 4.26. The second-order valence-electron chi connectivity index (χ2n) is 2.92. The predicted octanol–water partition coefficient (Wildman–Crippen LogP) is 3.47. The highest BCUT2D eigenvalue weighted by Crippen LogP contribution is 2.38. The molecule has 1 rings (SSSR count). The second kappa shape index (κ2) is 5.85. The molecule has 1 aromatic carbocycles. The highest BCUT2D eigenvalue weighted by molar-refractivity contribution is 14.1. The Morgan fingerprint density at radius 3 is 2.50 bits per heavy atom. The molecule has 0 saturated heterocycles. The molecule has 0 fully saturated rings. The highest BCUT2D eigenvalue weighted by atomic mass is 127. The molecule has 0 amide bonds. The molecule has 0 aromatic heterocycles. The van der Waals surface area contributed by atoms with Crippen LogP contribution in [0.5, 0.6) is 11.5 Å². The second-order valence-corrected chi connectivity index (χ2v) is 5.16. The van der Waals surface area contributed by atoms with Crippen molar-refractivity contribution in [2.45, 2.75) is 6.92 Å². The minimum atomic E-state index is -0.357. The van der Waals surface area contributed by atoms with Gasteiger partial charge in [-0.2, -0.15) is 0 Å². The minimum Gasteiger partial charge on any atom is -0.494 e. The van der Waals surface area contributed by atoms with Crippen molar-refractivity contribution in [2.24, 2.45) is 0 Å². The topological polar surface area (TPSA) is 35.5 Å². The molecule has 86 valence electrons. The van der Waals surface area contributed by atoms with Gasteiger partial charge in [0.15, 0.2) is 5.75 Å². The molecule has 0 aliphatic carbocycles. The number of ether oxygens (including phenoxy) is 2. The van der Waals surface area contributed by atoms with E-state index in [4.69, 9.17) is 9.47 Å². The van der Waals surface area contributed by atoms with Crippen molar-refractivity contribution in [3.63, 3.8) is 0 Å². The number of carbonyl (C=O) groups is 1. The van der Waals surface area contributed by atoms with Crippen molar-refractivity contribution >= 4 is 57.2 Å². The van der Waals surface area contributed by atoms with Gasteiger partial charge in [-0.3, -0.25) is 4.79 Å². The van der Waals surface area contributed by atoms with Crippen molar-refractivity contribution in [1.29, 1.82) is 0 Å². The van der Waals surface area contributed by atoms with Crippen molar-refractivity contribution in [3.8, 4) is 11.5 Å². The maximum Gasteiger partial charge on any atom is 0.308 e. The number of methoxy groups -OCH3 is 1. The van der Waals surface area contributed by atoms with Gasteiger partial charge in [0.2, 0.25) is 0 Å². The Kier molecular flexibility index (Phi) is 5.03. The number of halogens is 2. The lowest BCUT2D eigenvalue weighted by Crippen LogP contribution is -2.06. The van der Waals surface area contributed by atoms with Crippen LogP contribution < -0.4 is 9.47 Å². The average Bonchev–Trinajstić information content (AvgIpc) is 2.22. The van der Waals surface area contributed by atoms with Gasteiger partial charge in [0.25, 0.3) is 0 Å². The first kappa shape index (κ1) is 13.8. The zero-order valence-electron chi connectivity index (χ0n) is 8.84. The molecule has 5 heteroatoms. The van der Waals surface area contributed by atoms with Gasteiger partial charge in [-0.15, -0.1) is 0 Å². The summed E-state index contributed by atoms with van der Waals surface area (Å²) in [5.41, 5.74) is 0.782. The van der Waals surface area contributed by atoms with E-state index in [1.807, 2.05) is 6.07 Å². The number of hydrogen-bond acceptors (Lipinski definition) is 3. The van der Waals surface area contributed by atoms with E-state index in [0.717, 1.165) is 12.7 Å². The molecule has 0 spiro atoms. The van der Waals surface area contributed by atoms with Crippen molar-refractivity contribution in [3.05, 3.63) is 25.3 Å². The first-order chi connectivity index (χ1) is 7.51. The Bertz CT molecular complexity index is 441. The van der Waals surface area contributed by atoms with E-state index in [2.05, 4.69) is 51.8 Å². The molecular weight excluding hydrogens is 434 g/mol. The van der Waals surface area contributed by atoms with Gasteiger partial charge in [-0.1, -0.05) is 12.7 Å². The van der Waals surface area contributed by atoms with E-state index >= 15 is 0 Å². The molecule has 0 unspecified atom stereocenters. The summed E-state index contributed by atoms with van der Waals surface area (Å²) in [4.78, 5) is 11.0. The zero-order chi connectivity index (χ0) is 12.3. The van der Waals surface area contributed by atoms with Crippen LogP contribution in [0.15, 0.2) is 12.6 Å². The number of hydrogen-bond donors (Lipinski definition) is 0. The molecule has 16 heavy (non-hydrogen) atoms. The van der Waals surface area contributed by atoms with E-state index in [1.54, 1.807) is 13.2 Å². The molecule has 0 radical (unpaired) electrons. The fourth-order valence-corrected chi connectivity index (χ4v) is 3.46. The molecule has 0 N–H and O–H groups in total. The highest BCUT2D eigenvalue weighted by Gasteiger charge is 2.17. The van der Waals surface area contributed by atoms with Crippen LogP contribution in [0.4, 0.5) is 0 Å². The summed E-state index contributed by atoms with van der Waals surface area (Å²) in [6.45, 7) is 5.07. The lowest BCUT2D eigenvalue weighted by atomic mass is 10.2. The Labute approximate surface area is 121 Å². The van der Waals surface area contributed by atoms with Crippen LogP contribution in [0.25, 0.3) is 6.08 Å². The van der Waals surface area contributed by atoms with Gasteiger partial charge >= 0.3 is 5.97 Å². The van der Waals surface area contributed by atoms with Gasteiger partial charge in [-0.05, 0) is 51.2 Å². The van der Waals surface area contributed by atoms with Crippen LogP contribution in [0.2, 0.25) is 0 Å². The average molecular weight is 444 g/mol. The van der Waals surface area contributed by atoms with Crippen LogP contribution in [-0.2, 0) is 4.79 Å². The molecular formula is C11H10I2O3. The summed E-state index contributed by atoms with van der Waals surface area (Å²) < 4.78 is 12.1. The molecule has 0 aliphatic rings. The van der Waals surface area contributed by atoms with Crippen molar-refractivity contribution < 1.29 is 14.3 Å². The molecule has 3 nitrogen and oxygen atoms in total. The molecule has 0 bridgehead atoms. The van der Waals surface area contributed by atoms with Gasteiger partial charge < -0.3 is 9.47 Å². The molecule has 0 atom stereocenters. The van der Waals surface area contributed by atoms with Crippen LogP contribution in [-0.4, -0.2) is 13.1 Å². The van der Waals surface area contributed by atoms with Gasteiger partial charge in [-0.25, -0.2) is 0 Å². The van der Waals surface area contributed by atoms with E-state index in [9.17, 15) is 4.79 Å². The van der Waals surface area contributed by atoms with Crippen LogP contribution in [0.3, 0.4) is 0 Å². The smallest absolute Gasteiger partial charge is 0.308 e. The summed E-state index contributed by atoms with van der Waals surface area (Å²) in [6, 6.07) is 1.87. The van der Waals surface area contributed by atoms with Crippen LogP contribution >= 0.6 is 45.2 Å². The lowest BCUT2D eigenvalue weighted by Gasteiger charge is -2.13.